The van der Waals surface area contributed by atoms with Gasteiger partial charge in [0.15, 0.2) is 10.6 Å². The second-order valence-electron chi connectivity index (χ2n) is 6.93. The first-order valence-corrected chi connectivity index (χ1v) is 9.97. The highest BCUT2D eigenvalue weighted by molar-refractivity contribution is 7.71. The Morgan fingerprint density at radius 2 is 2.07 bits per heavy atom. The summed E-state index contributed by atoms with van der Waals surface area (Å²) in [7, 11) is 0. The van der Waals surface area contributed by atoms with Crippen LogP contribution in [-0.2, 0) is 17.8 Å². The first-order valence-electron chi connectivity index (χ1n) is 9.18. The summed E-state index contributed by atoms with van der Waals surface area (Å²) in [5.74, 6) is 0.723. The summed E-state index contributed by atoms with van der Waals surface area (Å²) >= 11 is 11.4. The van der Waals surface area contributed by atoms with Crippen LogP contribution in [0.4, 0.5) is 0 Å². The molecule has 2 N–H and O–H groups in total. The van der Waals surface area contributed by atoms with Crippen molar-refractivity contribution in [1.82, 2.24) is 20.1 Å². The van der Waals surface area contributed by atoms with Crippen LogP contribution in [0.15, 0.2) is 48.5 Å². The summed E-state index contributed by atoms with van der Waals surface area (Å²) in [6, 6.07) is 15.8. The molecular weight excluding hydrogens is 392 g/mol. The third-order valence-corrected chi connectivity index (χ3v) is 4.98. The summed E-state index contributed by atoms with van der Waals surface area (Å²) in [6.07, 6.45) is 1.05. The second-order valence-corrected chi connectivity index (χ2v) is 7.75. The zero-order valence-corrected chi connectivity index (χ0v) is 17.5. The number of amides is 1. The van der Waals surface area contributed by atoms with E-state index in [9.17, 15) is 4.79 Å². The fourth-order valence-corrected chi connectivity index (χ4v) is 3.59. The Hall–Kier alpha value is -2.44. The van der Waals surface area contributed by atoms with Gasteiger partial charge in [-0.15, -0.1) is 0 Å². The molecule has 0 spiro atoms. The van der Waals surface area contributed by atoms with Crippen LogP contribution in [0.1, 0.15) is 24.5 Å². The van der Waals surface area contributed by atoms with Crippen molar-refractivity contribution in [1.29, 1.82) is 0 Å². The zero-order valence-electron chi connectivity index (χ0n) is 15.9. The predicted molar refractivity (Wildman–Crippen MR) is 115 cm³/mol. The zero-order chi connectivity index (χ0) is 20.1. The molecule has 7 heteroatoms. The van der Waals surface area contributed by atoms with E-state index in [0.717, 1.165) is 28.9 Å². The van der Waals surface area contributed by atoms with Crippen LogP contribution in [-0.4, -0.2) is 26.7 Å². The summed E-state index contributed by atoms with van der Waals surface area (Å²) in [5, 5.41) is 10.9. The van der Waals surface area contributed by atoms with Gasteiger partial charge in [0.1, 0.15) is 0 Å². The number of rotatable bonds is 7. The number of halogens is 1. The maximum absolute atomic E-state index is 12.4. The first kappa shape index (κ1) is 20.3. The number of hydrogen-bond acceptors (Lipinski definition) is 3. The van der Waals surface area contributed by atoms with Gasteiger partial charge in [-0.3, -0.25) is 14.5 Å². The van der Waals surface area contributed by atoms with Gasteiger partial charge in [0.05, 0.1) is 0 Å². The van der Waals surface area contributed by atoms with Crippen molar-refractivity contribution >= 4 is 29.7 Å². The van der Waals surface area contributed by atoms with E-state index in [2.05, 4.69) is 21.6 Å². The molecule has 0 saturated heterocycles. The molecule has 0 radical (unpaired) electrons. The molecule has 1 amide bonds. The molecule has 0 unspecified atom stereocenters. The molecule has 1 atom stereocenters. The molecule has 0 fully saturated rings. The second kappa shape index (κ2) is 9.17. The minimum Gasteiger partial charge on any atom is -0.353 e. The van der Waals surface area contributed by atoms with Gasteiger partial charge >= 0.3 is 0 Å². The normalized spacial score (nSPS) is 12.0. The highest BCUT2D eigenvalue weighted by Gasteiger charge is 2.13. The average molecular weight is 415 g/mol. The lowest BCUT2D eigenvalue weighted by atomic mass is 10.1. The Labute approximate surface area is 174 Å². The fraction of sp³-hybridized carbons (Fsp3) is 0.286. The van der Waals surface area contributed by atoms with Crippen LogP contribution in [0.2, 0.25) is 5.02 Å². The Kier molecular flexibility index (Phi) is 6.65. The number of carbonyl (C=O) groups excluding carboxylic acids is 1. The highest BCUT2D eigenvalue weighted by atomic mass is 35.5. The van der Waals surface area contributed by atoms with E-state index in [-0.39, 0.29) is 11.9 Å². The molecule has 0 aliphatic carbocycles. The van der Waals surface area contributed by atoms with E-state index in [1.165, 1.54) is 0 Å². The molecule has 3 rings (SSSR count). The lowest BCUT2D eigenvalue weighted by Gasteiger charge is -2.15. The van der Waals surface area contributed by atoms with Crippen molar-refractivity contribution in [3.05, 3.63) is 69.5 Å². The van der Waals surface area contributed by atoms with Gasteiger partial charge in [-0.2, -0.15) is 5.10 Å². The number of nitrogens with zero attached hydrogens (tertiary/aromatic N) is 2. The van der Waals surface area contributed by atoms with E-state index in [1.807, 2.05) is 60.9 Å². The number of nitrogens with one attached hydrogen (secondary N) is 2. The topological polar surface area (TPSA) is 62.7 Å². The molecular formula is C21H23ClN4OS. The maximum Gasteiger partial charge on any atom is 0.222 e. The lowest BCUT2D eigenvalue weighted by Crippen LogP contribution is -2.34. The van der Waals surface area contributed by atoms with Gasteiger partial charge in [-0.25, -0.2) is 0 Å². The first-order chi connectivity index (χ1) is 13.4. The van der Waals surface area contributed by atoms with Crippen LogP contribution in [0.5, 0.6) is 0 Å². The van der Waals surface area contributed by atoms with Crippen molar-refractivity contribution in [3.63, 3.8) is 0 Å². The molecule has 0 aliphatic heterocycles. The highest BCUT2D eigenvalue weighted by Crippen LogP contribution is 2.19. The number of aromatic amines is 1. The summed E-state index contributed by atoms with van der Waals surface area (Å²) in [6.45, 7) is 4.48. The quantitative estimate of drug-likeness (QED) is 0.550. The van der Waals surface area contributed by atoms with Crippen LogP contribution in [0.3, 0.4) is 0 Å². The number of H-pyrrole nitrogens is 1. The number of aromatic nitrogens is 3. The molecule has 2 aromatic carbocycles. The van der Waals surface area contributed by atoms with Crippen LogP contribution >= 0.6 is 23.8 Å². The SMILES string of the molecule is Cc1cccc(-c2n[nH]c(=S)n2CCC(=O)N[C@H](C)Cc2cccc(Cl)c2)c1. The number of carbonyl (C=O) groups is 1. The number of hydrogen-bond donors (Lipinski definition) is 2. The molecule has 3 aromatic rings. The largest absolute Gasteiger partial charge is 0.353 e. The summed E-state index contributed by atoms with van der Waals surface area (Å²) in [4.78, 5) is 12.4. The molecule has 28 heavy (non-hydrogen) atoms. The molecule has 0 saturated carbocycles. The van der Waals surface area contributed by atoms with Gasteiger partial charge < -0.3 is 5.32 Å². The Balaban J connectivity index is 1.60. The molecule has 1 heterocycles. The van der Waals surface area contributed by atoms with Crippen molar-refractivity contribution in [3.8, 4) is 11.4 Å². The summed E-state index contributed by atoms with van der Waals surface area (Å²) in [5.41, 5.74) is 3.21. The van der Waals surface area contributed by atoms with Crippen LogP contribution in [0, 0.1) is 11.7 Å². The van der Waals surface area contributed by atoms with Gasteiger partial charge in [-0.05, 0) is 56.2 Å². The van der Waals surface area contributed by atoms with E-state index >= 15 is 0 Å². The van der Waals surface area contributed by atoms with E-state index in [1.54, 1.807) is 0 Å². The molecule has 1 aromatic heterocycles. The van der Waals surface area contributed by atoms with Gasteiger partial charge in [0, 0.05) is 29.6 Å². The molecule has 0 bridgehead atoms. The monoisotopic (exact) mass is 414 g/mol. The summed E-state index contributed by atoms with van der Waals surface area (Å²) < 4.78 is 2.38. The maximum atomic E-state index is 12.4. The van der Waals surface area contributed by atoms with E-state index in [0.29, 0.717) is 22.8 Å². The Morgan fingerprint density at radius 1 is 1.29 bits per heavy atom. The minimum absolute atomic E-state index is 0.0135. The average Bonchev–Trinajstić information content (AvgIpc) is 3.00. The van der Waals surface area contributed by atoms with Crippen LogP contribution in [0.25, 0.3) is 11.4 Å². The van der Waals surface area contributed by atoms with Gasteiger partial charge in [0.2, 0.25) is 5.91 Å². The molecule has 0 aliphatic rings. The minimum atomic E-state index is -0.0205. The third kappa shape index (κ3) is 5.30. The van der Waals surface area contributed by atoms with Crippen molar-refractivity contribution < 1.29 is 4.79 Å². The van der Waals surface area contributed by atoms with Gasteiger partial charge in [0.25, 0.3) is 0 Å². The van der Waals surface area contributed by atoms with Crippen molar-refractivity contribution in [2.75, 3.05) is 0 Å². The Morgan fingerprint density at radius 3 is 2.82 bits per heavy atom. The smallest absolute Gasteiger partial charge is 0.222 e. The fourth-order valence-electron chi connectivity index (χ4n) is 3.16. The van der Waals surface area contributed by atoms with E-state index in [4.69, 9.17) is 23.8 Å². The van der Waals surface area contributed by atoms with Crippen molar-refractivity contribution in [2.45, 2.75) is 39.3 Å². The predicted octanol–water partition coefficient (Wildman–Crippen LogP) is 4.71. The standard InChI is InChI=1S/C21H23ClN4OS/c1-14-5-3-7-17(11-14)20-24-25-21(28)26(20)10-9-19(27)23-15(2)12-16-6-4-8-18(22)13-16/h3-8,11,13,15H,9-10,12H2,1-2H3,(H,23,27)(H,25,28)/t15-/m1/s1. The molecule has 5 nitrogen and oxygen atoms in total. The van der Waals surface area contributed by atoms with Crippen LogP contribution < -0.4 is 5.32 Å². The van der Waals surface area contributed by atoms with E-state index < -0.39 is 0 Å². The third-order valence-electron chi connectivity index (χ3n) is 4.44. The molecule has 146 valence electrons. The lowest BCUT2D eigenvalue weighted by molar-refractivity contribution is -0.121. The Bertz CT molecular complexity index is 1030. The van der Waals surface area contributed by atoms with Gasteiger partial charge in [-0.1, -0.05) is 47.5 Å². The number of benzene rings is 2. The van der Waals surface area contributed by atoms with Crippen molar-refractivity contribution in [2.24, 2.45) is 0 Å². The number of aryl methyl sites for hydroxylation is 1.